The molecule has 0 spiro atoms. The van der Waals surface area contributed by atoms with Crippen molar-refractivity contribution in [3.05, 3.63) is 17.8 Å². The van der Waals surface area contributed by atoms with E-state index >= 15 is 0 Å². The van der Waals surface area contributed by atoms with Gasteiger partial charge in [-0.2, -0.15) is 0 Å². The molecule has 2 saturated heterocycles. The highest BCUT2D eigenvalue weighted by Crippen LogP contribution is 2.20. The van der Waals surface area contributed by atoms with Gasteiger partial charge in [-0.15, -0.1) is 10.2 Å². The summed E-state index contributed by atoms with van der Waals surface area (Å²) in [6.07, 6.45) is 10.6. The van der Waals surface area contributed by atoms with E-state index in [0.29, 0.717) is 23.8 Å². The van der Waals surface area contributed by atoms with Gasteiger partial charge in [0.15, 0.2) is 11.5 Å². The van der Waals surface area contributed by atoms with Crippen molar-refractivity contribution in [2.75, 3.05) is 31.1 Å². The molecule has 4 rings (SSSR count). The second-order valence-electron chi connectivity index (χ2n) is 8.54. The number of aromatic nitrogens is 2. The molecule has 28 heavy (non-hydrogen) atoms. The van der Waals surface area contributed by atoms with E-state index in [1.165, 1.54) is 32.1 Å². The van der Waals surface area contributed by atoms with Crippen LogP contribution < -0.4 is 20.9 Å². The number of anilines is 1. The number of carbonyl (C=O) groups is 1. The van der Waals surface area contributed by atoms with E-state index in [1.54, 1.807) is 0 Å². The summed E-state index contributed by atoms with van der Waals surface area (Å²) in [6.45, 7) is 4.25. The SMILES string of the molecule is O=C(NC1CCCCC1)c1ccc(N2CCC(NC3CCNCC3)CC2)nn1. The van der Waals surface area contributed by atoms with Gasteiger partial charge >= 0.3 is 0 Å². The van der Waals surface area contributed by atoms with Crippen LogP contribution in [0.1, 0.15) is 68.3 Å². The van der Waals surface area contributed by atoms with E-state index in [1.807, 2.05) is 12.1 Å². The van der Waals surface area contributed by atoms with Gasteiger partial charge in [-0.25, -0.2) is 0 Å². The lowest BCUT2D eigenvalue weighted by Gasteiger charge is -2.36. The summed E-state index contributed by atoms with van der Waals surface area (Å²) in [4.78, 5) is 14.7. The number of rotatable bonds is 5. The zero-order valence-electron chi connectivity index (χ0n) is 16.8. The lowest BCUT2D eigenvalue weighted by molar-refractivity contribution is 0.0921. The Bertz CT molecular complexity index is 616. The average Bonchev–Trinajstić information content (AvgIpc) is 2.76. The Labute approximate surface area is 168 Å². The van der Waals surface area contributed by atoms with Crippen molar-refractivity contribution in [2.45, 2.75) is 75.9 Å². The summed E-state index contributed by atoms with van der Waals surface area (Å²) in [7, 11) is 0. The first kappa shape index (κ1) is 19.6. The molecule has 0 aromatic carbocycles. The van der Waals surface area contributed by atoms with Crippen LogP contribution in [0.2, 0.25) is 0 Å². The van der Waals surface area contributed by atoms with E-state index in [2.05, 4.69) is 31.0 Å². The number of hydrogen-bond donors (Lipinski definition) is 3. The zero-order valence-corrected chi connectivity index (χ0v) is 16.8. The molecule has 1 aliphatic carbocycles. The predicted octanol–water partition coefficient (Wildman–Crippen LogP) is 1.85. The molecule has 1 amide bonds. The van der Waals surface area contributed by atoms with Crippen LogP contribution in [0, 0.1) is 0 Å². The molecule has 154 valence electrons. The van der Waals surface area contributed by atoms with Gasteiger partial charge in [-0.1, -0.05) is 19.3 Å². The standard InChI is InChI=1S/C21H34N6O/c28-21(24-16-4-2-1-3-5-16)19-6-7-20(26-25-19)27-14-10-18(11-15-27)23-17-8-12-22-13-9-17/h6-7,16-18,22-23H,1-5,8-15H2,(H,24,28). The van der Waals surface area contributed by atoms with Crippen molar-refractivity contribution in [1.29, 1.82) is 0 Å². The number of hydrogen-bond acceptors (Lipinski definition) is 6. The molecule has 7 heteroatoms. The van der Waals surface area contributed by atoms with Crippen LogP contribution in [0.5, 0.6) is 0 Å². The average molecular weight is 387 g/mol. The first-order valence-electron chi connectivity index (χ1n) is 11.1. The molecule has 1 aromatic heterocycles. The Morgan fingerprint density at radius 1 is 0.893 bits per heavy atom. The van der Waals surface area contributed by atoms with Gasteiger partial charge in [0.1, 0.15) is 0 Å². The fourth-order valence-electron chi connectivity index (χ4n) is 4.72. The Morgan fingerprint density at radius 3 is 2.29 bits per heavy atom. The Balaban J connectivity index is 1.24. The van der Waals surface area contributed by atoms with Gasteiger partial charge in [0.2, 0.25) is 0 Å². The smallest absolute Gasteiger partial charge is 0.272 e. The third-order valence-corrected chi connectivity index (χ3v) is 6.45. The second-order valence-corrected chi connectivity index (χ2v) is 8.54. The van der Waals surface area contributed by atoms with Crippen LogP contribution in [0.25, 0.3) is 0 Å². The third-order valence-electron chi connectivity index (χ3n) is 6.45. The lowest BCUT2D eigenvalue weighted by atomic mass is 9.95. The van der Waals surface area contributed by atoms with Crippen LogP contribution >= 0.6 is 0 Å². The fourth-order valence-corrected chi connectivity index (χ4v) is 4.72. The molecule has 3 aliphatic rings. The van der Waals surface area contributed by atoms with Crippen molar-refractivity contribution in [1.82, 2.24) is 26.1 Å². The summed E-state index contributed by atoms with van der Waals surface area (Å²) >= 11 is 0. The number of piperidine rings is 2. The van der Waals surface area contributed by atoms with Crippen LogP contribution in [-0.4, -0.2) is 60.4 Å². The lowest BCUT2D eigenvalue weighted by Crippen LogP contribution is -2.49. The van der Waals surface area contributed by atoms with Crippen molar-refractivity contribution in [3.63, 3.8) is 0 Å². The summed E-state index contributed by atoms with van der Waals surface area (Å²) in [5, 5.41) is 18.9. The molecule has 3 N–H and O–H groups in total. The molecule has 2 aliphatic heterocycles. The van der Waals surface area contributed by atoms with Crippen molar-refractivity contribution < 1.29 is 4.79 Å². The molecule has 0 atom stereocenters. The zero-order chi connectivity index (χ0) is 19.2. The highest BCUT2D eigenvalue weighted by atomic mass is 16.2. The maximum Gasteiger partial charge on any atom is 0.272 e. The molecule has 0 bridgehead atoms. The molecule has 7 nitrogen and oxygen atoms in total. The first-order valence-corrected chi connectivity index (χ1v) is 11.1. The van der Waals surface area contributed by atoms with Crippen LogP contribution in [0.3, 0.4) is 0 Å². The minimum absolute atomic E-state index is 0.0872. The van der Waals surface area contributed by atoms with Crippen LogP contribution in [0.15, 0.2) is 12.1 Å². The second kappa shape index (κ2) is 9.65. The quantitative estimate of drug-likeness (QED) is 0.716. The minimum atomic E-state index is -0.0872. The maximum absolute atomic E-state index is 12.4. The van der Waals surface area contributed by atoms with Crippen molar-refractivity contribution in [3.8, 4) is 0 Å². The highest BCUT2D eigenvalue weighted by Gasteiger charge is 2.24. The summed E-state index contributed by atoms with van der Waals surface area (Å²) in [6, 6.07) is 5.34. The van der Waals surface area contributed by atoms with E-state index in [9.17, 15) is 4.79 Å². The molecule has 3 heterocycles. The topological polar surface area (TPSA) is 82.2 Å². The molecular formula is C21H34N6O. The third kappa shape index (κ3) is 5.20. The fraction of sp³-hybridized carbons (Fsp3) is 0.762. The van der Waals surface area contributed by atoms with Gasteiger partial charge in [-0.05, 0) is 63.7 Å². The molecule has 1 saturated carbocycles. The molecular weight excluding hydrogens is 352 g/mol. The minimum Gasteiger partial charge on any atom is -0.355 e. The van der Waals surface area contributed by atoms with Gasteiger partial charge in [0, 0.05) is 31.2 Å². The summed E-state index contributed by atoms with van der Waals surface area (Å²) in [5.41, 5.74) is 0.428. The highest BCUT2D eigenvalue weighted by molar-refractivity contribution is 5.92. The van der Waals surface area contributed by atoms with Crippen molar-refractivity contribution in [2.24, 2.45) is 0 Å². The Hall–Kier alpha value is -1.73. The largest absolute Gasteiger partial charge is 0.355 e. The Morgan fingerprint density at radius 2 is 1.61 bits per heavy atom. The molecule has 3 fully saturated rings. The maximum atomic E-state index is 12.4. The molecule has 0 unspecified atom stereocenters. The van der Waals surface area contributed by atoms with Gasteiger partial charge in [0.25, 0.3) is 5.91 Å². The first-order chi connectivity index (χ1) is 13.8. The number of nitrogens with one attached hydrogen (secondary N) is 3. The van der Waals surface area contributed by atoms with E-state index < -0.39 is 0 Å². The van der Waals surface area contributed by atoms with Crippen molar-refractivity contribution >= 4 is 11.7 Å². The number of nitrogens with zero attached hydrogens (tertiary/aromatic N) is 3. The van der Waals surface area contributed by atoms with E-state index in [-0.39, 0.29) is 5.91 Å². The van der Waals surface area contributed by atoms with Crippen LogP contribution in [0.4, 0.5) is 5.82 Å². The number of carbonyl (C=O) groups excluding carboxylic acids is 1. The van der Waals surface area contributed by atoms with Gasteiger partial charge in [0.05, 0.1) is 0 Å². The number of amides is 1. The summed E-state index contributed by atoms with van der Waals surface area (Å²) < 4.78 is 0. The van der Waals surface area contributed by atoms with Gasteiger partial charge in [-0.3, -0.25) is 4.79 Å². The Kier molecular flexibility index (Phi) is 6.75. The molecule has 0 radical (unpaired) electrons. The van der Waals surface area contributed by atoms with E-state index in [0.717, 1.165) is 57.7 Å². The monoisotopic (exact) mass is 386 g/mol. The van der Waals surface area contributed by atoms with Gasteiger partial charge < -0.3 is 20.9 Å². The normalized spacial score (nSPS) is 22.9. The molecule has 1 aromatic rings. The summed E-state index contributed by atoms with van der Waals surface area (Å²) in [5.74, 6) is 0.797. The van der Waals surface area contributed by atoms with E-state index in [4.69, 9.17) is 0 Å². The van der Waals surface area contributed by atoms with Crippen LogP contribution in [-0.2, 0) is 0 Å². The predicted molar refractivity (Wildman–Crippen MR) is 111 cm³/mol.